The highest BCUT2D eigenvalue weighted by Gasteiger charge is 2.25. The van der Waals surface area contributed by atoms with E-state index in [9.17, 15) is 0 Å². The molecule has 1 aliphatic rings. The molecule has 0 fully saturated rings. The highest BCUT2D eigenvalue weighted by Crippen LogP contribution is 2.17. The van der Waals surface area contributed by atoms with Gasteiger partial charge in [-0.15, -0.1) is 0 Å². The Kier molecular flexibility index (Phi) is 4.02. The zero-order chi connectivity index (χ0) is 12.1. The maximum Gasteiger partial charge on any atom is 0.191 e. The second-order valence-electron chi connectivity index (χ2n) is 4.61. The van der Waals surface area contributed by atoms with Gasteiger partial charge in [0.15, 0.2) is 5.96 Å². The molecule has 0 spiro atoms. The Morgan fingerprint density at radius 1 is 1.35 bits per heavy atom. The van der Waals surface area contributed by atoms with Crippen LogP contribution < -0.4 is 5.73 Å². The van der Waals surface area contributed by atoms with E-state index in [4.69, 9.17) is 5.73 Å². The normalized spacial score (nSPS) is 19.5. The van der Waals surface area contributed by atoms with Crippen molar-refractivity contribution in [3.05, 3.63) is 35.9 Å². The second-order valence-corrected chi connectivity index (χ2v) is 4.61. The van der Waals surface area contributed by atoms with E-state index in [2.05, 4.69) is 41.1 Å². The van der Waals surface area contributed by atoms with Crippen LogP contribution in [0.1, 0.15) is 31.7 Å². The minimum absolute atomic E-state index is 0.496. The minimum Gasteiger partial charge on any atom is -0.370 e. The molecule has 92 valence electrons. The molecule has 0 radical (unpaired) electrons. The number of aliphatic imine (C=N–C) groups is 1. The van der Waals surface area contributed by atoms with Gasteiger partial charge < -0.3 is 10.6 Å². The highest BCUT2D eigenvalue weighted by atomic mass is 15.3. The van der Waals surface area contributed by atoms with E-state index in [0.29, 0.717) is 12.0 Å². The van der Waals surface area contributed by atoms with Crippen molar-refractivity contribution in [2.45, 2.75) is 38.8 Å². The molecule has 1 aromatic rings. The predicted octanol–water partition coefficient (Wildman–Crippen LogP) is 2.38. The molecule has 17 heavy (non-hydrogen) atoms. The van der Waals surface area contributed by atoms with Crippen molar-refractivity contribution in [2.24, 2.45) is 10.7 Å². The van der Waals surface area contributed by atoms with Gasteiger partial charge in [-0.05, 0) is 12.0 Å². The molecular weight excluding hydrogens is 210 g/mol. The molecule has 1 atom stereocenters. The van der Waals surface area contributed by atoms with E-state index in [-0.39, 0.29) is 0 Å². The third-order valence-electron chi connectivity index (χ3n) is 3.29. The van der Waals surface area contributed by atoms with Gasteiger partial charge >= 0.3 is 0 Å². The number of rotatable bonds is 5. The van der Waals surface area contributed by atoms with Crippen LogP contribution in [-0.2, 0) is 6.54 Å². The lowest BCUT2D eigenvalue weighted by Gasteiger charge is -2.26. The number of unbranched alkanes of at least 4 members (excludes halogenated alkanes) is 1. The molecule has 0 aliphatic carbocycles. The van der Waals surface area contributed by atoms with Crippen LogP contribution in [0.25, 0.3) is 0 Å². The molecule has 1 unspecified atom stereocenters. The van der Waals surface area contributed by atoms with Crippen LogP contribution >= 0.6 is 0 Å². The summed E-state index contributed by atoms with van der Waals surface area (Å²) < 4.78 is 0. The van der Waals surface area contributed by atoms with E-state index in [0.717, 1.165) is 13.1 Å². The zero-order valence-electron chi connectivity index (χ0n) is 10.5. The number of guanidine groups is 1. The quantitative estimate of drug-likeness (QED) is 0.845. The summed E-state index contributed by atoms with van der Waals surface area (Å²) in [6, 6.07) is 11.0. The van der Waals surface area contributed by atoms with Crippen LogP contribution in [0.2, 0.25) is 0 Å². The zero-order valence-corrected chi connectivity index (χ0v) is 10.5. The van der Waals surface area contributed by atoms with Gasteiger partial charge in [-0.2, -0.15) is 0 Å². The smallest absolute Gasteiger partial charge is 0.191 e. The molecule has 0 bridgehead atoms. The Balaban J connectivity index is 1.99. The maximum absolute atomic E-state index is 5.96. The molecule has 0 saturated heterocycles. The number of benzene rings is 1. The van der Waals surface area contributed by atoms with Gasteiger partial charge in [0.1, 0.15) is 0 Å². The number of nitrogens with zero attached hydrogens (tertiary/aromatic N) is 2. The van der Waals surface area contributed by atoms with E-state index >= 15 is 0 Å². The van der Waals surface area contributed by atoms with Crippen LogP contribution in [0.15, 0.2) is 35.3 Å². The Bertz CT molecular complexity index is 372. The van der Waals surface area contributed by atoms with E-state index in [1.165, 1.54) is 24.8 Å². The molecule has 0 saturated carbocycles. The van der Waals surface area contributed by atoms with Gasteiger partial charge in [0.2, 0.25) is 0 Å². The summed E-state index contributed by atoms with van der Waals surface area (Å²) in [5, 5.41) is 0. The summed E-state index contributed by atoms with van der Waals surface area (Å²) in [5.41, 5.74) is 7.26. The molecule has 2 rings (SSSR count). The molecule has 3 heteroatoms. The van der Waals surface area contributed by atoms with Crippen molar-refractivity contribution in [1.82, 2.24) is 4.90 Å². The molecule has 0 aromatic heterocycles. The number of hydrogen-bond acceptors (Lipinski definition) is 3. The Morgan fingerprint density at radius 3 is 2.82 bits per heavy atom. The standard InChI is InChI=1S/C14H21N3/c1-2-3-9-13-10-16-14(15)17(13)11-12-7-5-4-6-8-12/h4-8,13H,2-3,9-11H2,1H3,(H2,15,16). The summed E-state index contributed by atoms with van der Waals surface area (Å²) in [5.74, 6) is 0.704. The first-order valence-electron chi connectivity index (χ1n) is 6.41. The van der Waals surface area contributed by atoms with Gasteiger partial charge in [0.05, 0.1) is 12.6 Å². The summed E-state index contributed by atoms with van der Waals surface area (Å²) in [6.45, 7) is 3.96. The first-order valence-corrected chi connectivity index (χ1v) is 6.41. The van der Waals surface area contributed by atoms with Crippen LogP contribution in [0.3, 0.4) is 0 Å². The second kappa shape index (κ2) is 5.71. The van der Waals surface area contributed by atoms with Crippen LogP contribution in [-0.4, -0.2) is 23.4 Å². The van der Waals surface area contributed by atoms with E-state index < -0.39 is 0 Å². The van der Waals surface area contributed by atoms with Crippen molar-refractivity contribution in [3.8, 4) is 0 Å². The summed E-state index contributed by atoms with van der Waals surface area (Å²) in [7, 11) is 0. The van der Waals surface area contributed by atoms with Crippen molar-refractivity contribution < 1.29 is 0 Å². The highest BCUT2D eigenvalue weighted by molar-refractivity contribution is 5.80. The predicted molar refractivity (Wildman–Crippen MR) is 71.8 cm³/mol. The minimum atomic E-state index is 0.496. The molecule has 1 aromatic carbocycles. The SMILES string of the molecule is CCCCC1CN=C(N)N1Cc1ccccc1. The Labute approximate surface area is 103 Å². The fourth-order valence-corrected chi connectivity index (χ4v) is 2.25. The lowest BCUT2D eigenvalue weighted by atomic mass is 10.1. The van der Waals surface area contributed by atoms with Gasteiger partial charge in [0.25, 0.3) is 0 Å². The topological polar surface area (TPSA) is 41.6 Å². The molecular formula is C14H21N3. The third-order valence-corrected chi connectivity index (χ3v) is 3.29. The molecule has 1 heterocycles. The average molecular weight is 231 g/mol. The summed E-state index contributed by atoms with van der Waals surface area (Å²) in [6.07, 6.45) is 3.67. The Morgan fingerprint density at radius 2 is 2.12 bits per heavy atom. The number of hydrogen-bond donors (Lipinski definition) is 1. The van der Waals surface area contributed by atoms with Crippen LogP contribution in [0.5, 0.6) is 0 Å². The molecule has 3 nitrogen and oxygen atoms in total. The van der Waals surface area contributed by atoms with Gasteiger partial charge in [-0.3, -0.25) is 4.99 Å². The molecule has 2 N–H and O–H groups in total. The lowest BCUT2D eigenvalue weighted by molar-refractivity contribution is 0.311. The van der Waals surface area contributed by atoms with Crippen LogP contribution in [0.4, 0.5) is 0 Å². The van der Waals surface area contributed by atoms with Crippen LogP contribution in [0, 0.1) is 0 Å². The van der Waals surface area contributed by atoms with Gasteiger partial charge in [0, 0.05) is 6.54 Å². The van der Waals surface area contributed by atoms with Crippen molar-refractivity contribution in [2.75, 3.05) is 6.54 Å². The average Bonchev–Trinajstić information content (AvgIpc) is 2.70. The monoisotopic (exact) mass is 231 g/mol. The van der Waals surface area contributed by atoms with Crippen molar-refractivity contribution in [1.29, 1.82) is 0 Å². The molecule has 0 amide bonds. The summed E-state index contributed by atoms with van der Waals surface area (Å²) >= 11 is 0. The number of nitrogens with two attached hydrogens (primary N) is 1. The first kappa shape index (κ1) is 12.0. The van der Waals surface area contributed by atoms with Gasteiger partial charge in [-0.25, -0.2) is 0 Å². The van der Waals surface area contributed by atoms with E-state index in [1.807, 2.05) is 6.07 Å². The van der Waals surface area contributed by atoms with Crippen molar-refractivity contribution >= 4 is 5.96 Å². The maximum atomic E-state index is 5.96. The van der Waals surface area contributed by atoms with Gasteiger partial charge in [-0.1, -0.05) is 50.1 Å². The molecule has 1 aliphatic heterocycles. The van der Waals surface area contributed by atoms with E-state index in [1.54, 1.807) is 0 Å². The first-order chi connectivity index (χ1) is 8.31. The Hall–Kier alpha value is -1.51. The lowest BCUT2D eigenvalue weighted by Crippen LogP contribution is -2.40. The van der Waals surface area contributed by atoms with Crippen molar-refractivity contribution in [3.63, 3.8) is 0 Å². The summed E-state index contributed by atoms with van der Waals surface area (Å²) in [4.78, 5) is 6.61. The third kappa shape index (κ3) is 2.99. The largest absolute Gasteiger partial charge is 0.370 e. The fraction of sp³-hybridized carbons (Fsp3) is 0.500. The fourth-order valence-electron chi connectivity index (χ4n) is 2.25.